The molecule has 0 bridgehead atoms. The summed E-state index contributed by atoms with van der Waals surface area (Å²) in [5.41, 5.74) is 0.555. The molecule has 0 aliphatic heterocycles. The van der Waals surface area contributed by atoms with Gasteiger partial charge < -0.3 is 4.52 Å². The van der Waals surface area contributed by atoms with Crippen LogP contribution < -0.4 is 4.72 Å². The van der Waals surface area contributed by atoms with Crippen LogP contribution in [0.1, 0.15) is 45.2 Å². The Kier molecular flexibility index (Phi) is 7.06. The summed E-state index contributed by atoms with van der Waals surface area (Å²) in [4.78, 5) is 0.160. The van der Waals surface area contributed by atoms with E-state index in [-0.39, 0.29) is 4.90 Å². The Labute approximate surface area is 136 Å². The number of hydrogen-bond acceptors (Lipinski definition) is 4. The number of sulfonamides is 1. The number of nitrogens with one attached hydrogen (secondary N) is 1. The molecule has 22 heavy (non-hydrogen) atoms. The highest BCUT2D eigenvalue weighted by atomic mass is 35.5. The van der Waals surface area contributed by atoms with Gasteiger partial charge in [-0.2, -0.15) is 0 Å². The maximum absolute atomic E-state index is 12.2. The Morgan fingerprint density at radius 1 is 1.27 bits per heavy atom. The SMILES string of the molecule is CC.CCc1cc(C(C)NS(=O)(=O)c2ccc(Cl)cc2)no1. The van der Waals surface area contributed by atoms with Gasteiger partial charge in [0.05, 0.1) is 10.9 Å². The average molecular weight is 345 g/mol. The van der Waals surface area contributed by atoms with E-state index in [4.69, 9.17) is 16.1 Å². The fraction of sp³-hybridized carbons (Fsp3) is 0.400. The molecule has 1 aromatic carbocycles. The van der Waals surface area contributed by atoms with E-state index < -0.39 is 16.1 Å². The van der Waals surface area contributed by atoms with Crippen molar-refractivity contribution in [2.45, 2.75) is 45.1 Å². The zero-order chi connectivity index (χ0) is 16.8. The molecule has 7 heteroatoms. The number of nitrogens with zero attached hydrogens (tertiary/aromatic N) is 1. The smallest absolute Gasteiger partial charge is 0.241 e. The summed E-state index contributed by atoms with van der Waals surface area (Å²) >= 11 is 5.74. The molecule has 0 aliphatic rings. The topological polar surface area (TPSA) is 72.2 Å². The van der Waals surface area contributed by atoms with Crippen molar-refractivity contribution >= 4 is 21.6 Å². The molecule has 1 heterocycles. The number of aromatic nitrogens is 1. The van der Waals surface area contributed by atoms with Gasteiger partial charge in [0.2, 0.25) is 10.0 Å². The van der Waals surface area contributed by atoms with Gasteiger partial charge in [-0.1, -0.05) is 37.5 Å². The van der Waals surface area contributed by atoms with Gasteiger partial charge in [-0.25, -0.2) is 13.1 Å². The predicted octanol–water partition coefficient (Wildman–Crippen LogP) is 3.96. The van der Waals surface area contributed by atoms with E-state index in [1.165, 1.54) is 24.3 Å². The molecule has 2 aromatic rings. The van der Waals surface area contributed by atoms with Crippen LogP contribution in [0.15, 0.2) is 39.8 Å². The van der Waals surface area contributed by atoms with Gasteiger partial charge in [0.15, 0.2) is 0 Å². The van der Waals surface area contributed by atoms with E-state index >= 15 is 0 Å². The second kappa shape index (κ2) is 8.31. The summed E-state index contributed by atoms with van der Waals surface area (Å²) in [6, 6.07) is 7.25. The molecule has 0 saturated heterocycles. The largest absolute Gasteiger partial charge is 0.361 e. The molecule has 1 aromatic heterocycles. The molecule has 1 unspecified atom stereocenters. The minimum atomic E-state index is -3.61. The van der Waals surface area contributed by atoms with Crippen molar-refractivity contribution in [3.05, 3.63) is 46.8 Å². The standard InChI is InChI=1S/C13H15ClN2O3S.C2H6/c1-3-11-8-13(15-19-11)9(2)16-20(17,18)12-6-4-10(14)5-7-12;1-2/h4-9,16H,3H2,1-2H3;1-2H3. The molecule has 0 saturated carbocycles. The summed E-state index contributed by atoms with van der Waals surface area (Å²) in [5.74, 6) is 0.720. The highest BCUT2D eigenvalue weighted by Crippen LogP contribution is 2.18. The van der Waals surface area contributed by atoms with E-state index in [0.29, 0.717) is 17.1 Å². The van der Waals surface area contributed by atoms with Crippen LogP contribution >= 0.6 is 11.6 Å². The van der Waals surface area contributed by atoms with Crippen LogP contribution in [0.4, 0.5) is 0 Å². The molecule has 122 valence electrons. The maximum atomic E-state index is 12.2. The lowest BCUT2D eigenvalue weighted by Crippen LogP contribution is -2.27. The highest BCUT2D eigenvalue weighted by molar-refractivity contribution is 7.89. The van der Waals surface area contributed by atoms with E-state index in [2.05, 4.69) is 9.88 Å². The first kappa shape index (κ1) is 18.7. The fourth-order valence-corrected chi connectivity index (χ4v) is 3.02. The average Bonchev–Trinajstić information content (AvgIpc) is 2.98. The Morgan fingerprint density at radius 2 is 1.86 bits per heavy atom. The molecular weight excluding hydrogens is 324 g/mol. The molecular formula is C15H21ClN2O3S. The number of hydrogen-bond donors (Lipinski definition) is 1. The fourth-order valence-electron chi connectivity index (χ4n) is 1.67. The normalized spacial score (nSPS) is 12.4. The van der Waals surface area contributed by atoms with E-state index in [9.17, 15) is 8.42 Å². The lowest BCUT2D eigenvalue weighted by Gasteiger charge is -2.11. The minimum Gasteiger partial charge on any atom is -0.361 e. The Balaban J connectivity index is 0.00000116. The van der Waals surface area contributed by atoms with E-state index in [1.807, 2.05) is 20.8 Å². The van der Waals surface area contributed by atoms with E-state index in [0.717, 1.165) is 5.76 Å². The van der Waals surface area contributed by atoms with Gasteiger partial charge in [0.25, 0.3) is 0 Å². The van der Waals surface area contributed by atoms with Crippen molar-refractivity contribution in [1.82, 2.24) is 9.88 Å². The molecule has 1 N–H and O–H groups in total. The molecule has 2 rings (SSSR count). The third-order valence-corrected chi connectivity index (χ3v) is 4.63. The Hall–Kier alpha value is -1.37. The van der Waals surface area contributed by atoms with Crippen LogP contribution in [0, 0.1) is 0 Å². The number of rotatable bonds is 5. The first-order valence-corrected chi connectivity index (χ1v) is 9.02. The number of benzene rings is 1. The lowest BCUT2D eigenvalue weighted by atomic mass is 10.2. The quantitative estimate of drug-likeness (QED) is 0.891. The second-order valence-corrected chi connectivity index (χ2v) is 6.52. The Morgan fingerprint density at radius 3 is 2.36 bits per heavy atom. The van der Waals surface area contributed by atoms with Crippen LogP contribution in [-0.4, -0.2) is 13.6 Å². The van der Waals surface area contributed by atoms with Crippen LogP contribution in [0.2, 0.25) is 5.02 Å². The van der Waals surface area contributed by atoms with Crippen LogP contribution in [0.25, 0.3) is 0 Å². The molecule has 5 nitrogen and oxygen atoms in total. The molecule has 0 radical (unpaired) electrons. The lowest BCUT2D eigenvalue weighted by molar-refractivity contribution is 0.375. The highest BCUT2D eigenvalue weighted by Gasteiger charge is 2.20. The second-order valence-electron chi connectivity index (χ2n) is 4.37. The first-order valence-electron chi connectivity index (χ1n) is 7.15. The van der Waals surface area contributed by atoms with Gasteiger partial charge in [-0.3, -0.25) is 0 Å². The van der Waals surface area contributed by atoms with Gasteiger partial charge in [0.1, 0.15) is 11.5 Å². The maximum Gasteiger partial charge on any atom is 0.241 e. The van der Waals surface area contributed by atoms with Crippen molar-refractivity contribution in [2.75, 3.05) is 0 Å². The summed E-state index contributed by atoms with van der Waals surface area (Å²) in [6.07, 6.45) is 0.712. The summed E-state index contributed by atoms with van der Waals surface area (Å²) < 4.78 is 32.0. The van der Waals surface area contributed by atoms with Crippen molar-refractivity contribution < 1.29 is 12.9 Å². The molecule has 0 spiro atoms. The molecule has 0 aliphatic carbocycles. The predicted molar refractivity (Wildman–Crippen MR) is 87.4 cm³/mol. The van der Waals surface area contributed by atoms with Gasteiger partial charge in [-0.05, 0) is 31.2 Å². The summed E-state index contributed by atoms with van der Waals surface area (Å²) in [7, 11) is -3.61. The van der Waals surface area contributed by atoms with Crippen molar-refractivity contribution in [2.24, 2.45) is 0 Å². The van der Waals surface area contributed by atoms with Crippen molar-refractivity contribution in [3.8, 4) is 0 Å². The van der Waals surface area contributed by atoms with Crippen molar-refractivity contribution in [1.29, 1.82) is 0 Å². The molecule has 0 amide bonds. The first-order chi connectivity index (χ1) is 10.4. The van der Waals surface area contributed by atoms with Gasteiger partial charge in [-0.15, -0.1) is 0 Å². The summed E-state index contributed by atoms with van der Waals surface area (Å²) in [6.45, 7) is 7.65. The Bertz CT molecular complexity index is 681. The third kappa shape index (κ3) is 4.83. The number of halogens is 1. The van der Waals surface area contributed by atoms with Crippen LogP contribution in [-0.2, 0) is 16.4 Å². The molecule has 1 atom stereocenters. The molecule has 0 fully saturated rings. The summed E-state index contributed by atoms with van der Waals surface area (Å²) in [5, 5.41) is 4.34. The monoisotopic (exact) mass is 344 g/mol. The minimum absolute atomic E-state index is 0.160. The van der Waals surface area contributed by atoms with E-state index in [1.54, 1.807) is 13.0 Å². The zero-order valence-electron chi connectivity index (χ0n) is 13.1. The number of aryl methyl sites for hydroxylation is 1. The third-order valence-electron chi connectivity index (χ3n) is 2.83. The van der Waals surface area contributed by atoms with Crippen LogP contribution in [0.3, 0.4) is 0 Å². The van der Waals surface area contributed by atoms with Crippen molar-refractivity contribution in [3.63, 3.8) is 0 Å². The van der Waals surface area contributed by atoms with Gasteiger partial charge in [0, 0.05) is 17.5 Å². The van der Waals surface area contributed by atoms with Crippen LogP contribution in [0.5, 0.6) is 0 Å². The van der Waals surface area contributed by atoms with Gasteiger partial charge >= 0.3 is 0 Å². The zero-order valence-corrected chi connectivity index (χ0v) is 14.7.